The fourth-order valence-electron chi connectivity index (χ4n) is 3.85. The van der Waals surface area contributed by atoms with Crippen LogP contribution in [0.1, 0.15) is 28.1 Å². The molecule has 2 aromatic carbocycles. The molecule has 0 fully saturated rings. The molecule has 0 saturated heterocycles. The Kier molecular flexibility index (Phi) is 8.56. The number of aromatic nitrogens is 3. The summed E-state index contributed by atoms with van der Waals surface area (Å²) in [6.07, 6.45) is 0. The normalized spacial score (nSPS) is 11.5. The summed E-state index contributed by atoms with van der Waals surface area (Å²) in [7, 11) is 0. The zero-order chi connectivity index (χ0) is 27.9. The number of pyridine rings is 3. The van der Waals surface area contributed by atoms with Crippen molar-refractivity contribution >= 4 is 38.7 Å². The van der Waals surface area contributed by atoms with E-state index in [9.17, 15) is 0 Å². The van der Waals surface area contributed by atoms with Gasteiger partial charge in [-0.1, -0.05) is 90.6 Å². The molecule has 0 bridgehead atoms. The Bertz CT molecular complexity index is 1670. The highest BCUT2D eigenvalue weighted by atomic mass is 32.2. The highest BCUT2D eigenvalue weighted by Crippen LogP contribution is 2.27. The Balaban J connectivity index is 1.25. The minimum Gasteiger partial charge on any atom is -0.314 e. The molecule has 0 amide bonds. The molecule has 0 spiro atoms. The number of hydrogen-bond donors (Lipinski definition) is 4. The minimum absolute atomic E-state index is 0.114. The van der Waals surface area contributed by atoms with E-state index >= 15 is 0 Å². The fourth-order valence-corrected chi connectivity index (χ4v) is 5.23. The van der Waals surface area contributed by atoms with E-state index in [-0.39, 0.29) is 15.1 Å². The molecule has 3 heterocycles. The third kappa shape index (κ3) is 6.58. The summed E-state index contributed by atoms with van der Waals surface area (Å²) in [6.45, 7) is 0. The van der Waals surface area contributed by atoms with Gasteiger partial charge in [0.05, 0.1) is 39.5 Å². The highest BCUT2D eigenvalue weighted by molar-refractivity contribution is 8.27. The lowest BCUT2D eigenvalue weighted by molar-refractivity contribution is 0.962. The summed E-state index contributed by atoms with van der Waals surface area (Å²) in [5, 5.41) is 25.6. The second-order valence-corrected chi connectivity index (χ2v) is 10.8. The summed E-state index contributed by atoms with van der Waals surface area (Å²) >= 11 is 2.13. The zero-order valence-corrected chi connectivity index (χ0v) is 22.9. The second kappa shape index (κ2) is 12.6. The number of nitrogens with zero attached hydrogens (tertiary/aromatic N) is 3. The van der Waals surface area contributed by atoms with Crippen LogP contribution in [-0.4, -0.2) is 30.1 Å². The average molecular weight is 560 g/mol. The maximum atomic E-state index is 8.59. The predicted molar refractivity (Wildman–Crippen MR) is 166 cm³/mol. The maximum absolute atomic E-state index is 8.59. The van der Waals surface area contributed by atoms with Crippen molar-refractivity contribution in [2.45, 2.75) is 5.37 Å². The first-order valence-corrected chi connectivity index (χ1v) is 14.1. The van der Waals surface area contributed by atoms with Crippen molar-refractivity contribution in [3.05, 3.63) is 138 Å². The van der Waals surface area contributed by atoms with Gasteiger partial charge in [-0.15, -0.1) is 0 Å². The molecule has 9 heteroatoms. The molecule has 5 N–H and O–H groups in total. The maximum Gasteiger partial charge on any atom is 0.119 e. The van der Waals surface area contributed by atoms with Gasteiger partial charge in [0.15, 0.2) is 0 Å². The molecule has 1 unspecified atom stereocenters. The zero-order valence-electron chi connectivity index (χ0n) is 21.3. The monoisotopic (exact) mass is 559 g/mol. The third-order valence-corrected chi connectivity index (χ3v) is 7.61. The molecule has 0 saturated carbocycles. The van der Waals surface area contributed by atoms with Crippen LogP contribution in [0.3, 0.4) is 0 Å². The van der Waals surface area contributed by atoms with Gasteiger partial charge >= 0.3 is 0 Å². The summed E-state index contributed by atoms with van der Waals surface area (Å²) in [4.78, 5) is 13.8. The Hall–Kier alpha value is -4.44. The molecule has 40 heavy (non-hydrogen) atoms. The smallest absolute Gasteiger partial charge is 0.119 e. The lowest BCUT2D eigenvalue weighted by Gasteiger charge is -2.13. The lowest BCUT2D eigenvalue weighted by atomic mass is 10.1. The standard InChI is InChI=1S/C31H25N7S2/c32-28(24-16-7-14-22(36-24)20-10-3-1-4-11-20)39-30(34)26-18-9-19-27(38-26)31(35)40-29(33)25-17-8-15-23(37-25)21-12-5-2-6-13-21/h1-19,30,32-33,35H,34H2. The number of benzene rings is 2. The molecule has 1 atom stereocenters. The van der Waals surface area contributed by atoms with Crippen LogP contribution in [-0.2, 0) is 0 Å². The van der Waals surface area contributed by atoms with Crippen LogP contribution >= 0.6 is 23.5 Å². The first kappa shape index (κ1) is 27.1. The number of rotatable bonds is 7. The molecule has 196 valence electrons. The molecule has 0 aliphatic rings. The molecular weight excluding hydrogens is 535 g/mol. The van der Waals surface area contributed by atoms with Crippen molar-refractivity contribution in [3.63, 3.8) is 0 Å². The van der Waals surface area contributed by atoms with Gasteiger partial charge < -0.3 is 5.73 Å². The molecule has 7 nitrogen and oxygen atoms in total. The number of nitrogens with one attached hydrogen (secondary N) is 3. The van der Waals surface area contributed by atoms with Crippen LogP contribution in [0.2, 0.25) is 0 Å². The number of nitrogens with two attached hydrogens (primary N) is 1. The van der Waals surface area contributed by atoms with Crippen LogP contribution in [0, 0.1) is 16.2 Å². The van der Waals surface area contributed by atoms with E-state index in [1.807, 2.05) is 84.9 Å². The van der Waals surface area contributed by atoms with Crippen molar-refractivity contribution in [3.8, 4) is 22.5 Å². The van der Waals surface area contributed by atoms with E-state index in [1.165, 1.54) is 0 Å². The Morgan fingerprint density at radius 3 is 1.50 bits per heavy atom. The summed E-state index contributed by atoms with van der Waals surface area (Å²) in [5.74, 6) is 0. The molecule has 5 aromatic rings. The third-order valence-electron chi connectivity index (χ3n) is 5.85. The largest absolute Gasteiger partial charge is 0.314 e. The summed E-state index contributed by atoms with van der Waals surface area (Å²) < 4.78 is 0. The minimum atomic E-state index is -0.629. The average Bonchev–Trinajstić information content (AvgIpc) is 3.02. The number of hydrogen-bond acceptors (Lipinski definition) is 9. The first-order chi connectivity index (χ1) is 19.5. The van der Waals surface area contributed by atoms with Crippen molar-refractivity contribution in [1.29, 1.82) is 16.2 Å². The van der Waals surface area contributed by atoms with Crippen molar-refractivity contribution < 1.29 is 0 Å². The molecular formula is C31H25N7S2. The quantitative estimate of drug-likeness (QED) is 0.0962. The second-order valence-electron chi connectivity index (χ2n) is 8.62. The Morgan fingerprint density at radius 1 is 0.525 bits per heavy atom. The van der Waals surface area contributed by atoms with Crippen LogP contribution in [0.4, 0.5) is 0 Å². The van der Waals surface area contributed by atoms with Gasteiger partial charge in [-0.05, 0) is 48.2 Å². The SMILES string of the molecule is N=C(SC(=N)c1cccc(C(N)SC(=N)c2cccc(-c3ccccc3)n2)n1)c1cccc(-c2ccccc2)n1. The molecule has 3 aromatic heterocycles. The summed E-state index contributed by atoms with van der Waals surface area (Å²) in [5.41, 5.74) is 11.9. The molecule has 0 aliphatic heterocycles. The van der Waals surface area contributed by atoms with Crippen LogP contribution < -0.4 is 5.73 Å². The number of thioether (sulfide) groups is 2. The predicted octanol–water partition coefficient (Wildman–Crippen LogP) is 7.01. The van der Waals surface area contributed by atoms with Gasteiger partial charge in [0.2, 0.25) is 0 Å². The van der Waals surface area contributed by atoms with E-state index in [0.717, 1.165) is 46.0 Å². The molecule has 0 aliphatic carbocycles. The van der Waals surface area contributed by atoms with Crippen molar-refractivity contribution in [1.82, 2.24) is 15.0 Å². The van der Waals surface area contributed by atoms with E-state index in [2.05, 4.69) is 15.0 Å². The van der Waals surface area contributed by atoms with E-state index < -0.39 is 5.37 Å². The van der Waals surface area contributed by atoms with Crippen LogP contribution in [0.15, 0.2) is 115 Å². The van der Waals surface area contributed by atoms with Gasteiger partial charge in [0.1, 0.15) is 15.1 Å². The van der Waals surface area contributed by atoms with Crippen molar-refractivity contribution in [2.75, 3.05) is 0 Å². The van der Waals surface area contributed by atoms with E-state index in [0.29, 0.717) is 22.8 Å². The van der Waals surface area contributed by atoms with E-state index in [1.54, 1.807) is 30.3 Å². The topological polar surface area (TPSA) is 136 Å². The highest BCUT2D eigenvalue weighted by Gasteiger charge is 2.17. The molecule has 5 rings (SSSR count). The van der Waals surface area contributed by atoms with Crippen LogP contribution in [0.25, 0.3) is 22.5 Å². The van der Waals surface area contributed by atoms with Gasteiger partial charge in [-0.25, -0.2) is 15.0 Å². The first-order valence-electron chi connectivity index (χ1n) is 12.4. The lowest BCUT2D eigenvalue weighted by Crippen LogP contribution is -2.14. The Labute approximate surface area is 240 Å². The van der Waals surface area contributed by atoms with Gasteiger partial charge in [-0.3, -0.25) is 16.2 Å². The fraction of sp³-hybridized carbons (Fsp3) is 0.0323. The van der Waals surface area contributed by atoms with Gasteiger partial charge in [0, 0.05) is 11.1 Å². The van der Waals surface area contributed by atoms with E-state index in [4.69, 9.17) is 22.0 Å². The Morgan fingerprint density at radius 2 is 0.975 bits per heavy atom. The van der Waals surface area contributed by atoms with Gasteiger partial charge in [0.25, 0.3) is 0 Å². The van der Waals surface area contributed by atoms with Crippen molar-refractivity contribution in [2.24, 2.45) is 5.73 Å². The van der Waals surface area contributed by atoms with Gasteiger partial charge in [-0.2, -0.15) is 0 Å². The van der Waals surface area contributed by atoms with Crippen LogP contribution in [0.5, 0.6) is 0 Å². The molecule has 0 radical (unpaired) electrons. The summed E-state index contributed by atoms with van der Waals surface area (Å²) in [6, 6.07) is 36.0.